The van der Waals surface area contributed by atoms with Gasteiger partial charge in [0.2, 0.25) is 0 Å². The first-order chi connectivity index (χ1) is 10.1. The van der Waals surface area contributed by atoms with E-state index < -0.39 is 0 Å². The van der Waals surface area contributed by atoms with Crippen LogP contribution in [0, 0.1) is 20.8 Å². The minimum atomic E-state index is 0.312. The standard InChI is InChI=1S/C19H25NO/c1-6-17(20-5)16-9-7-8-10-18(16)21-19-14(3)12-11-13(2)15(19)4/h7-12,17,20H,6H2,1-5H3. The minimum Gasteiger partial charge on any atom is -0.456 e. The first kappa shape index (κ1) is 15.6. The van der Waals surface area contributed by atoms with Crippen molar-refractivity contribution in [2.45, 2.75) is 40.2 Å². The number of hydrogen-bond donors (Lipinski definition) is 1. The lowest BCUT2D eigenvalue weighted by atomic mass is 10.0. The molecule has 0 fully saturated rings. The van der Waals surface area contributed by atoms with Gasteiger partial charge in [0, 0.05) is 11.6 Å². The molecule has 0 heterocycles. The van der Waals surface area contributed by atoms with E-state index in [-0.39, 0.29) is 0 Å². The molecule has 2 rings (SSSR count). The van der Waals surface area contributed by atoms with Crippen molar-refractivity contribution >= 4 is 0 Å². The fourth-order valence-corrected chi connectivity index (χ4v) is 2.63. The van der Waals surface area contributed by atoms with Crippen LogP contribution in [0.4, 0.5) is 0 Å². The van der Waals surface area contributed by atoms with Crippen molar-refractivity contribution in [3.63, 3.8) is 0 Å². The van der Waals surface area contributed by atoms with E-state index in [1.54, 1.807) is 0 Å². The van der Waals surface area contributed by atoms with E-state index in [0.29, 0.717) is 6.04 Å². The first-order valence-electron chi connectivity index (χ1n) is 7.59. The molecule has 0 aliphatic heterocycles. The molecule has 0 saturated carbocycles. The Kier molecular flexibility index (Phi) is 5.03. The summed E-state index contributed by atoms with van der Waals surface area (Å²) >= 11 is 0. The molecular weight excluding hydrogens is 258 g/mol. The van der Waals surface area contributed by atoms with E-state index in [0.717, 1.165) is 17.9 Å². The Labute approximate surface area is 128 Å². The minimum absolute atomic E-state index is 0.312. The highest BCUT2D eigenvalue weighted by atomic mass is 16.5. The summed E-state index contributed by atoms with van der Waals surface area (Å²) in [5, 5.41) is 3.35. The highest BCUT2D eigenvalue weighted by Gasteiger charge is 2.15. The van der Waals surface area contributed by atoms with Crippen molar-refractivity contribution in [2.24, 2.45) is 0 Å². The second kappa shape index (κ2) is 6.77. The van der Waals surface area contributed by atoms with Gasteiger partial charge in [-0.3, -0.25) is 0 Å². The van der Waals surface area contributed by atoms with Crippen LogP contribution in [0.15, 0.2) is 36.4 Å². The molecule has 0 aromatic heterocycles. The number of ether oxygens (including phenoxy) is 1. The molecule has 21 heavy (non-hydrogen) atoms. The molecule has 0 aliphatic rings. The normalized spacial score (nSPS) is 12.2. The molecule has 1 atom stereocenters. The van der Waals surface area contributed by atoms with Gasteiger partial charge >= 0.3 is 0 Å². The lowest BCUT2D eigenvalue weighted by Gasteiger charge is -2.20. The molecule has 0 bridgehead atoms. The molecule has 2 heteroatoms. The quantitative estimate of drug-likeness (QED) is 0.826. The second-order valence-corrected chi connectivity index (χ2v) is 5.54. The van der Waals surface area contributed by atoms with Crippen LogP contribution in [0.1, 0.15) is 41.6 Å². The predicted octanol–water partition coefficient (Wildman–Crippen LogP) is 5.07. The van der Waals surface area contributed by atoms with Crippen molar-refractivity contribution in [3.8, 4) is 11.5 Å². The average molecular weight is 283 g/mol. The molecule has 0 saturated heterocycles. The maximum atomic E-state index is 6.30. The molecule has 2 aromatic rings. The summed E-state index contributed by atoms with van der Waals surface area (Å²) in [6.45, 7) is 8.52. The van der Waals surface area contributed by atoms with Crippen molar-refractivity contribution in [1.29, 1.82) is 0 Å². The summed E-state index contributed by atoms with van der Waals surface area (Å²) in [6, 6.07) is 12.9. The molecule has 0 aliphatic carbocycles. The van der Waals surface area contributed by atoms with Crippen LogP contribution in [0.2, 0.25) is 0 Å². The third-order valence-corrected chi connectivity index (χ3v) is 4.14. The summed E-state index contributed by atoms with van der Waals surface area (Å²) in [4.78, 5) is 0. The SMILES string of the molecule is CCC(NC)c1ccccc1Oc1c(C)ccc(C)c1C. The van der Waals surface area contributed by atoms with E-state index >= 15 is 0 Å². The van der Waals surface area contributed by atoms with Crippen LogP contribution >= 0.6 is 0 Å². The Hall–Kier alpha value is -1.80. The zero-order valence-corrected chi connectivity index (χ0v) is 13.7. The molecule has 2 aromatic carbocycles. The lowest BCUT2D eigenvalue weighted by Crippen LogP contribution is -2.16. The Morgan fingerprint density at radius 2 is 1.67 bits per heavy atom. The van der Waals surface area contributed by atoms with E-state index in [4.69, 9.17) is 4.74 Å². The summed E-state index contributed by atoms with van der Waals surface area (Å²) in [5.41, 5.74) is 4.85. The van der Waals surface area contributed by atoms with Crippen molar-refractivity contribution in [3.05, 3.63) is 58.7 Å². The lowest BCUT2D eigenvalue weighted by molar-refractivity contribution is 0.452. The van der Waals surface area contributed by atoms with E-state index in [2.05, 4.69) is 63.3 Å². The van der Waals surface area contributed by atoms with Gasteiger partial charge in [0.05, 0.1) is 0 Å². The van der Waals surface area contributed by atoms with Gasteiger partial charge in [-0.1, -0.05) is 37.3 Å². The Morgan fingerprint density at radius 3 is 2.33 bits per heavy atom. The van der Waals surface area contributed by atoms with Crippen LogP contribution in [-0.2, 0) is 0 Å². The van der Waals surface area contributed by atoms with E-state index in [1.807, 2.05) is 13.1 Å². The number of aryl methyl sites for hydroxylation is 2. The van der Waals surface area contributed by atoms with Gasteiger partial charge in [-0.2, -0.15) is 0 Å². The molecule has 0 spiro atoms. The largest absolute Gasteiger partial charge is 0.456 e. The van der Waals surface area contributed by atoms with Crippen molar-refractivity contribution < 1.29 is 4.74 Å². The third kappa shape index (κ3) is 3.27. The van der Waals surface area contributed by atoms with Gasteiger partial charge in [-0.05, 0) is 57.0 Å². The Morgan fingerprint density at radius 1 is 1.00 bits per heavy atom. The number of nitrogens with one attached hydrogen (secondary N) is 1. The van der Waals surface area contributed by atoms with Crippen molar-refractivity contribution in [1.82, 2.24) is 5.32 Å². The van der Waals surface area contributed by atoms with Crippen molar-refractivity contribution in [2.75, 3.05) is 7.05 Å². The fraction of sp³-hybridized carbons (Fsp3) is 0.368. The van der Waals surface area contributed by atoms with Crippen LogP contribution in [0.25, 0.3) is 0 Å². The van der Waals surface area contributed by atoms with Crippen LogP contribution in [-0.4, -0.2) is 7.05 Å². The number of rotatable bonds is 5. The molecule has 0 radical (unpaired) electrons. The zero-order chi connectivity index (χ0) is 15.4. The van der Waals surface area contributed by atoms with E-state index in [1.165, 1.54) is 22.3 Å². The Bertz CT molecular complexity index is 615. The smallest absolute Gasteiger partial charge is 0.133 e. The summed E-state index contributed by atoms with van der Waals surface area (Å²) in [5.74, 6) is 1.92. The second-order valence-electron chi connectivity index (χ2n) is 5.54. The summed E-state index contributed by atoms with van der Waals surface area (Å²) in [7, 11) is 1.99. The monoisotopic (exact) mass is 283 g/mol. The van der Waals surface area contributed by atoms with Crippen LogP contribution in [0.3, 0.4) is 0 Å². The molecule has 112 valence electrons. The molecule has 2 nitrogen and oxygen atoms in total. The predicted molar refractivity (Wildman–Crippen MR) is 89.3 cm³/mol. The summed E-state index contributed by atoms with van der Waals surface area (Å²) < 4.78 is 6.30. The van der Waals surface area contributed by atoms with Gasteiger partial charge in [-0.25, -0.2) is 0 Å². The molecule has 1 N–H and O–H groups in total. The number of hydrogen-bond acceptors (Lipinski definition) is 2. The van der Waals surface area contributed by atoms with Gasteiger partial charge in [0.25, 0.3) is 0 Å². The van der Waals surface area contributed by atoms with Gasteiger partial charge in [-0.15, -0.1) is 0 Å². The number of benzene rings is 2. The third-order valence-electron chi connectivity index (χ3n) is 4.14. The van der Waals surface area contributed by atoms with Gasteiger partial charge in [0.15, 0.2) is 0 Å². The maximum Gasteiger partial charge on any atom is 0.133 e. The van der Waals surface area contributed by atoms with E-state index in [9.17, 15) is 0 Å². The Balaban J connectivity index is 2.43. The van der Waals surface area contributed by atoms with Crippen LogP contribution < -0.4 is 10.1 Å². The molecular formula is C19H25NO. The molecule has 0 amide bonds. The fourth-order valence-electron chi connectivity index (χ4n) is 2.63. The highest BCUT2D eigenvalue weighted by Crippen LogP contribution is 2.35. The average Bonchev–Trinajstić information content (AvgIpc) is 2.50. The summed E-state index contributed by atoms with van der Waals surface area (Å²) in [6.07, 6.45) is 1.03. The molecule has 1 unspecified atom stereocenters. The zero-order valence-electron chi connectivity index (χ0n) is 13.7. The topological polar surface area (TPSA) is 21.3 Å². The number of para-hydroxylation sites is 1. The van der Waals surface area contributed by atoms with Gasteiger partial charge in [0.1, 0.15) is 11.5 Å². The van der Waals surface area contributed by atoms with Crippen LogP contribution in [0.5, 0.6) is 11.5 Å². The first-order valence-corrected chi connectivity index (χ1v) is 7.59. The van der Waals surface area contributed by atoms with Gasteiger partial charge < -0.3 is 10.1 Å². The maximum absolute atomic E-state index is 6.30. The highest BCUT2D eigenvalue weighted by molar-refractivity contribution is 5.48.